The maximum atomic E-state index is 11.2. The molecule has 1 aliphatic rings. The minimum absolute atomic E-state index is 0.184. The molecule has 0 aliphatic carbocycles. The summed E-state index contributed by atoms with van der Waals surface area (Å²) in [4.78, 5) is 11.2. The molecule has 2 heterocycles. The molecule has 2 rings (SSSR count). The van der Waals surface area contributed by atoms with Gasteiger partial charge in [0, 0.05) is 13.3 Å². The Hall–Kier alpha value is -2.05. The van der Waals surface area contributed by atoms with Gasteiger partial charge in [-0.15, -0.1) is 5.10 Å². The van der Waals surface area contributed by atoms with Crippen LogP contribution in [0, 0.1) is 0 Å². The van der Waals surface area contributed by atoms with Crippen LogP contribution in [0.3, 0.4) is 0 Å². The molecule has 7 nitrogen and oxygen atoms in total. The summed E-state index contributed by atoms with van der Waals surface area (Å²) in [5.74, 6) is -1.17. The fourth-order valence-electron chi connectivity index (χ4n) is 1.41. The highest BCUT2D eigenvalue weighted by Crippen LogP contribution is 2.23. The van der Waals surface area contributed by atoms with E-state index in [0.717, 1.165) is 0 Å². The van der Waals surface area contributed by atoms with Gasteiger partial charge in [-0.2, -0.15) is 0 Å². The lowest BCUT2D eigenvalue weighted by Crippen LogP contribution is -2.27. The van der Waals surface area contributed by atoms with Crippen molar-refractivity contribution in [2.75, 3.05) is 7.11 Å². The lowest BCUT2D eigenvalue weighted by atomic mass is 10.2. The standard InChI is InChI=1S/C10H13N3O4/c1-10(16-5-6-17-10)3-4-13-7-8(11-12-13)9(14)15-2/h5-7H,3-4H2,1-2H3. The average molecular weight is 239 g/mol. The highest BCUT2D eigenvalue weighted by atomic mass is 16.7. The summed E-state index contributed by atoms with van der Waals surface area (Å²) in [5.41, 5.74) is 0.184. The third kappa shape index (κ3) is 2.55. The third-order valence-electron chi connectivity index (χ3n) is 2.42. The van der Waals surface area contributed by atoms with E-state index >= 15 is 0 Å². The van der Waals surface area contributed by atoms with Crippen LogP contribution in [0.4, 0.5) is 0 Å². The van der Waals surface area contributed by atoms with E-state index < -0.39 is 11.8 Å². The van der Waals surface area contributed by atoms with E-state index in [1.165, 1.54) is 25.8 Å². The Labute approximate surface area is 98.0 Å². The van der Waals surface area contributed by atoms with Gasteiger partial charge in [-0.25, -0.2) is 4.79 Å². The van der Waals surface area contributed by atoms with Crippen LogP contribution in [-0.2, 0) is 20.8 Å². The highest BCUT2D eigenvalue weighted by molar-refractivity contribution is 5.86. The van der Waals surface area contributed by atoms with Gasteiger partial charge >= 0.3 is 5.97 Å². The Morgan fingerprint density at radius 3 is 2.88 bits per heavy atom. The molecule has 0 saturated heterocycles. The molecule has 0 bridgehead atoms. The Bertz CT molecular complexity index is 433. The van der Waals surface area contributed by atoms with Gasteiger partial charge in [0.1, 0.15) is 12.5 Å². The topological polar surface area (TPSA) is 75.5 Å². The number of rotatable bonds is 4. The van der Waals surface area contributed by atoms with E-state index in [0.29, 0.717) is 13.0 Å². The largest absolute Gasteiger partial charge is 0.464 e. The monoisotopic (exact) mass is 239 g/mol. The molecule has 0 amide bonds. The van der Waals surface area contributed by atoms with Crippen LogP contribution in [-0.4, -0.2) is 33.9 Å². The molecule has 1 aliphatic heterocycles. The lowest BCUT2D eigenvalue weighted by Gasteiger charge is -2.22. The zero-order valence-electron chi connectivity index (χ0n) is 9.62. The van der Waals surface area contributed by atoms with E-state index in [2.05, 4.69) is 15.0 Å². The van der Waals surface area contributed by atoms with Crippen molar-refractivity contribution in [1.29, 1.82) is 0 Å². The number of nitrogens with zero attached hydrogens (tertiary/aromatic N) is 3. The maximum absolute atomic E-state index is 11.2. The van der Waals surface area contributed by atoms with Gasteiger partial charge in [0.25, 0.3) is 0 Å². The van der Waals surface area contributed by atoms with Crippen LogP contribution in [0.5, 0.6) is 0 Å². The van der Waals surface area contributed by atoms with Gasteiger partial charge in [0.15, 0.2) is 5.69 Å². The number of hydrogen-bond donors (Lipinski definition) is 0. The molecule has 0 aromatic carbocycles. The Kier molecular flexibility index (Phi) is 2.99. The highest BCUT2D eigenvalue weighted by Gasteiger charge is 2.29. The van der Waals surface area contributed by atoms with Gasteiger partial charge in [-0.05, 0) is 0 Å². The molecule has 0 spiro atoms. The molecule has 7 heteroatoms. The number of carbonyl (C=O) groups is 1. The number of aryl methyl sites for hydroxylation is 1. The summed E-state index contributed by atoms with van der Waals surface area (Å²) in [5, 5.41) is 7.51. The number of esters is 1. The fourth-order valence-corrected chi connectivity index (χ4v) is 1.41. The van der Waals surface area contributed by atoms with Gasteiger partial charge in [0.05, 0.1) is 19.9 Å². The van der Waals surface area contributed by atoms with E-state index in [9.17, 15) is 4.79 Å². The molecule has 0 atom stereocenters. The normalized spacial score (nSPS) is 16.4. The first-order valence-electron chi connectivity index (χ1n) is 5.12. The number of ether oxygens (including phenoxy) is 3. The van der Waals surface area contributed by atoms with Crippen LogP contribution >= 0.6 is 0 Å². The quantitative estimate of drug-likeness (QED) is 0.719. The first kappa shape index (κ1) is 11.4. The van der Waals surface area contributed by atoms with Crippen LogP contribution in [0.15, 0.2) is 18.7 Å². The first-order valence-corrected chi connectivity index (χ1v) is 5.12. The molecule has 17 heavy (non-hydrogen) atoms. The number of hydrogen-bond acceptors (Lipinski definition) is 6. The summed E-state index contributed by atoms with van der Waals surface area (Å²) in [7, 11) is 1.30. The predicted octanol–water partition coefficient (Wildman–Crippen LogP) is 0.689. The summed E-state index contributed by atoms with van der Waals surface area (Å²) in [6.45, 7) is 2.35. The molecule has 92 valence electrons. The van der Waals surface area contributed by atoms with Crippen molar-refractivity contribution >= 4 is 5.97 Å². The van der Waals surface area contributed by atoms with Crippen molar-refractivity contribution in [2.24, 2.45) is 0 Å². The Morgan fingerprint density at radius 1 is 1.53 bits per heavy atom. The fraction of sp³-hybridized carbons (Fsp3) is 0.500. The number of methoxy groups -OCH3 is 1. The summed E-state index contributed by atoms with van der Waals surface area (Å²) in [6.07, 6.45) is 5.12. The van der Waals surface area contributed by atoms with E-state index in [4.69, 9.17) is 9.47 Å². The molecule has 0 radical (unpaired) electrons. The van der Waals surface area contributed by atoms with E-state index in [-0.39, 0.29) is 5.69 Å². The molecule has 0 N–H and O–H groups in total. The Balaban J connectivity index is 1.91. The third-order valence-corrected chi connectivity index (χ3v) is 2.42. The predicted molar refractivity (Wildman–Crippen MR) is 55.7 cm³/mol. The average Bonchev–Trinajstić information content (AvgIpc) is 2.95. The van der Waals surface area contributed by atoms with Crippen molar-refractivity contribution in [2.45, 2.75) is 25.7 Å². The number of carbonyl (C=O) groups excluding carboxylic acids is 1. The van der Waals surface area contributed by atoms with Crippen molar-refractivity contribution in [1.82, 2.24) is 15.0 Å². The lowest BCUT2D eigenvalue weighted by molar-refractivity contribution is -0.133. The van der Waals surface area contributed by atoms with Crippen molar-refractivity contribution in [3.05, 3.63) is 24.4 Å². The van der Waals surface area contributed by atoms with Crippen molar-refractivity contribution < 1.29 is 19.0 Å². The second-order valence-corrected chi connectivity index (χ2v) is 3.75. The first-order chi connectivity index (χ1) is 8.13. The van der Waals surface area contributed by atoms with Crippen molar-refractivity contribution in [3.8, 4) is 0 Å². The van der Waals surface area contributed by atoms with Crippen LogP contribution in [0.1, 0.15) is 23.8 Å². The maximum Gasteiger partial charge on any atom is 0.360 e. The summed E-state index contributed by atoms with van der Waals surface area (Å²) in [6, 6.07) is 0. The smallest absolute Gasteiger partial charge is 0.360 e. The second-order valence-electron chi connectivity index (χ2n) is 3.75. The molecule has 1 aromatic heterocycles. The van der Waals surface area contributed by atoms with Crippen LogP contribution < -0.4 is 0 Å². The molecule has 0 saturated carbocycles. The SMILES string of the molecule is COC(=O)c1cn(CCC2(C)OC=CO2)nn1. The molecular formula is C10H13N3O4. The minimum Gasteiger partial charge on any atom is -0.464 e. The molecule has 0 unspecified atom stereocenters. The van der Waals surface area contributed by atoms with Crippen LogP contribution in [0.25, 0.3) is 0 Å². The van der Waals surface area contributed by atoms with Gasteiger partial charge < -0.3 is 14.2 Å². The molecule has 0 fully saturated rings. The minimum atomic E-state index is -0.669. The second kappa shape index (κ2) is 4.44. The van der Waals surface area contributed by atoms with Gasteiger partial charge in [-0.1, -0.05) is 5.21 Å². The van der Waals surface area contributed by atoms with Gasteiger partial charge in [-0.3, -0.25) is 4.68 Å². The van der Waals surface area contributed by atoms with Gasteiger partial charge in [0.2, 0.25) is 5.79 Å². The van der Waals surface area contributed by atoms with E-state index in [1.54, 1.807) is 4.68 Å². The summed E-state index contributed by atoms with van der Waals surface area (Å²) >= 11 is 0. The zero-order chi connectivity index (χ0) is 12.3. The Morgan fingerprint density at radius 2 is 2.24 bits per heavy atom. The summed E-state index contributed by atoms with van der Waals surface area (Å²) < 4.78 is 16.6. The molecular weight excluding hydrogens is 226 g/mol. The van der Waals surface area contributed by atoms with Crippen LogP contribution in [0.2, 0.25) is 0 Å². The van der Waals surface area contributed by atoms with Crippen molar-refractivity contribution in [3.63, 3.8) is 0 Å². The number of aromatic nitrogens is 3. The zero-order valence-corrected chi connectivity index (χ0v) is 9.62. The van der Waals surface area contributed by atoms with E-state index in [1.807, 2.05) is 6.92 Å². The molecule has 1 aromatic rings.